The maximum absolute atomic E-state index is 12.6. The number of nitrogens with one attached hydrogen (secondary N) is 1. The highest BCUT2D eigenvalue weighted by molar-refractivity contribution is 7.96. The lowest BCUT2D eigenvalue weighted by Gasteiger charge is -2.08. The number of thiol groups is 1. The Morgan fingerprint density at radius 1 is 1.17 bits per heavy atom. The largest absolute Gasteiger partial charge is 0.478 e. The zero-order valence-electron chi connectivity index (χ0n) is 11.8. The highest BCUT2D eigenvalue weighted by Gasteiger charge is 2.30. The van der Waals surface area contributed by atoms with Crippen LogP contribution in [0.5, 0.6) is 0 Å². The zero-order chi connectivity index (χ0) is 16.9. The fraction of sp³-hybridized carbons (Fsp3) is 0.125. The lowest BCUT2D eigenvalue weighted by atomic mass is 10.1. The summed E-state index contributed by atoms with van der Waals surface area (Å²) in [6.07, 6.45) is -4.35. The van der Waals surface area contributed by atoms with Gasteiger partial charge in [-0.15, -0.1) is 0 Å². The average molecular weight is 341 g/mol. The van der Waals surface area contributed by atoms with Gasteiger partial charge in [-0.25, -0.2) is 4.79 Å². The molecule has 0 amide bonds. The smallest absolute Gasteiger partial charge is 0.416 e. The van der Waals surface area contributed by atoms with Crippen LogP contribution in [0.15, 0.2) is 48.5 Å². The Morgan fingerprint density at radius 3 is 2.61 bits per heavy atom. The minimum Gasteiger partial charge on any atom is -0.478 e. The van der Waals surface area contributed by atoms with E-state index in [9.17, 15) is 18.0 Å². The van der Waals surface area contributed by atoms with Gasteiger partial charge in [0.2, 0.25) is 0 Å². The lowest BCUT2D eigenvalue weighted by Crippen LogP contribution is -2.05. The van der Waals surface area contributed by atoms with Crippen LogP contribution in [0.25, 0.3) is 0 Å². The summed E-state index contributed by atoms with van der Waals surface area (Å²) in [5.41, 5.74) is 2.08. The molecule has 2 aromatic carbocycles. The van der Waals surface area contributed by atoms with E-state index in [1.807, 2.05) is 0 Å². The molecule has 0 aliphatic rings. The molecule has 2 aromatic rings. The molecule has 0 aliphatic carbocycles. The van der Waals surface area contributed by atoms with Gasteiger partial charge < -0.3 is 10.4 Å². The number of hydrogen-bond donors (Lipinski definition) is 3. The fourth-order valence-corrected chi connectivity index (χ4v) is 2.64. The van der Waals surface area contributed by atoms with Crippen LogP contribution in [0, 0.1) is 0 Å². The Bertz CT molecular complexity index is 729. The van der Waals surface area contributed by atoms with E-state index in [1.54, 1.807) is 29.8 Å². The van der Waals surface area contributed by atoms with Gasteiger partial charge in [-0.3, -0.25) is 0 Å². The summed E-state index contributed by atoms with van der Waals surface area (Å²) >= 11 is 0.727. The van der Waals surface area contributed by atoms with Gasteiger partial charge in [0.25, 0.3) is 0 Å². The van der Waals surface area contributed by atoms with Gasteiger partial charge in [0.15, 0.2) is 0 Å². The first-order valence-corrected chi connectivity index (χ1v) is 7.76. The number of carbonyl (C=O) groups is 1. The molecule has 0 aliphatic heterocycles. The van der Waals surface area contributed by atoms with Crippen LogP contribution in [0.2, 0.25) is 0 Å². The van der Waals surface area contributed by atoms with Crippen LogP contribution in [-0.4, -0.2) is 16.6 Å². The summed E-state index contributed by atoms with van der Waals surface area (Å²) in [6, 6.07) is 11.6. The topological polar surface area (TPSA) is 49.3 Å². The van der Waals surface area contributed by atoms with E-state index in [1.165, 1.54) is 12.1 Å². The quantitative estimate of drug-likeness (QED) is 0.563. The predicted octanol–water partition coefficient (Wildman–Crippen LogP) is 4.24. The molecule has 23 heavy (non-hydrogen) atoms. The predicted molar refractivity (Wildman–Crippen MR) is 87.2 cm³/mol. The van der Waals surface area contributed by atoms with Crippen molar-refractivity contribution < 1.29 is 23.1 Å². The Labute approximate surface area is 134 Å². The van der Waals surface area contributed by atoms with Gasteiger partial charge in [0, 0.05) is 11.2 Å². The van der Waals surface area contributed by atoms with Gasteiger partial charge in [0.1, 0.15) is 0 Å². The number of carboxylic acids is 1. The molecule has 0 unspecified atom stereocenters. The Balaban J connectivity index is 2.02. The number of halogens is 3. The van der Waals surface area contributed by atoms with E-state index in [0.29, 0.717) is 17.0 Å². The van der Waals surface area contributed by atoms with Crippen molar-refractivity contribution >= 4 is 28.5 Å². The van der Waals surface area contributed by atoms with E-state index in [0.717, 1.165) is 23.5 Å². The first-order chi connectivity index (χ1) is 10.9. The molecule has 0 aromatic heterocycles. The van der Waals surface area contributed by atoms with E-state index in [2.05, 4.69) is 5.32 Å². The van der Waals surface area contributed by atoms with Crippen molar-refractivity contribution in [3.05, 3.63) is 65.2 Å². The molecule has 0 fully saturated rings. The number of aromatic carboxylic acids is 1. The molecular formula is C16H14F3NO2S. The third-order valence-electron chi connectivity index (χ3n) is 3.00. The number of benzene rings is 2. The number of hydrogen-bond acceptors (Lipinski definition) is 1. The zero-order valence-corrected chi connectivity index (χ0v) is 12.7. The average Bonchev–Trinajstić information content (AvgIpc) is 2.51. The van der Waals surface area contributed by atoms with Crippen molar-refractivity contribution in [3.63, 3.8) is 0 Å². The van der Waals surface area contributed by atoms with Gasteiger partial charge in [-0.2, -0.15) is 24.5 Å². The highest BCUT2D eigenvalue weighted by Crippen LogP contribution is 2.29. The standard InChI is InChI=1S/C16H14F3NO2S/c17-16(18,19)12-5-3-4-11(8-12)9-23-10-20-14-7-2-1-6-13(14)15(21)22/h1-8,10,20,23H,9H2,(H,21,22). The van der Waals surface area contributed by atoms with Crippen molar-refractivity contribution in [3.8, 4) is 0 Å². The van der Waals surface area contributed by atoms with Gasteiger partial charge in [-0.05, 0) is 23.8 Å². The van der Waals surface area contributed by atoms with E-state index in [-0.39, 0.29) is 5.56 Å². The number of anilines is 1. The summed E-state index contributed by atoms with van der Waals surface area (Å²) in [5, 5.41) is 11.9. The SMILES string of the molecule is O=C(O)c1ccccc1NC=[SH]Cc1cccc(C(F)(F)F)c1. The van der Waals surface area contributed by atoms with Crippen LogP contribution >= 0.6 is 11.4 Å². The first kappa shape index (κ1) is 17.1. The molecule has 0 spiro atoms. The molecule has 3 nitrogen and oxygen atoms in total. The van der Waals surface area contributed by atoms with Crippen LogP contribution in [0.4, 0.5) is 18.9 Å². The van der Waals surface area contributed by atoms with Gasteiger partial charge in [-0.1, -0.05) is 30.3 Å². The van der Waals surface area contributed by atoms with Gasteiger partial charge >= 0.3 is 12.1 Å². The second-order valence-electron chi connectivity index (χ2n) is 4.66. The molecule has 2 rings (SSSR count). The maximum atomic E-state index is 12.6. The van der Waals surface area contributed by atoms with Crippen molar-refractivity contribution in [1.29, 1.82) is 0 Å². The molecule has 2 N–H and O–H groups in total. The monoisotopic (exact) mass is 341 g/mol. The molecule has 7 heteroatoms. The molecule has 122 valence electrons. The second kappa shape index (κ2) is 7.32. The number of para-hydroxylation sites is 1. The second-order valence-corrected chi connectivity index (χ2v) is 5.60. The van der Waals surface area contributed by atoms with Crippen molar-refractivity contribution in [2.45, 2.75) is 11.9 Å². The molecule has 0 saturated carbocycles. The number of rotatable bonds is 5. The number of carboxylic acid groups (broad SMARTS) is 1. The molecule has 0 saturated heterocycles. The molecule has 0 atom stereocenters. The Hall–Kier alpha value is -2.28. The van der Waals surface area contributed by atoms with Crippen LogP contribution in [-0.2, 0) is 11.9 Å². The van der Waals surface area contributed by atoms with Crippen LogP contribution < -0.4 is 5.32 Å². The highest BCUT2D eigenvalue weighted by atomic mass is 32.1. The van der Waals surface area contributed by atoms with E-state index >= 15 is 0 Å². The maximum Gasteiger partial charge on any atom is 0.416 e. The van der Waals surface area contributed by atoms with E-state index < -0.39 is 17.7 Å². The number of alkyl halides is 3. The summed E-state index contributed by atoms with van der Waals surface area (Å²) in [7, 11) is 0. The Morgan fingerprint density at radius 2 is 1.91 bits per heavy atom. The third-order valence-corrected chi connectivity index (χ3v) is 3.86. The molecule has 0 heterocycles. The fourth-order valence-electron chi connectivity index (χ4n) is 1.91. The van der Waals surface area contributed by atoms with Crippen molar-refractivity contribution in [1.82, 2.24) is 0 Å². The third kappa shape index (κ3) is 4.85. The normalized spacial score (nSPS) is 12.0. The lowest BCUT2D eigenvalue weighted by molar-refractivity contribution is -0.137. The molecular weight excluding hydrogens is 327 g/mol. The summed E-state index contributed by atoms with van der Waals surface area (Å²) in [4.78, 5) is 11.0. The Kier molecular flexibility index (Phi) is 5.44. The minimum absolute atomic E-state index is 0.137. The first-order valence-electron chi connectivity index (χ1n) is 6.61. The summed E-state index contributed by atoms with van der Waals surface area (Å²) < 4.78 is 37.9. The van der Waals surface area contributed by atoms with Gasteiger partial charge in [0.05, 0.1) is 16.8 Å². The minimum atomic E-state index is -4.35. The van der Waals surface area contributed by atoms with E-state index in [4.69, 9.17) is 5.11 Å². The summed E-state index contributed by atoms with van der Waals surface area (Å²) in [6.45, 7) is 0. The van der Waals surface area contributed by atoms with Crippen LogP contribution in [0.1, 0.15) is 21.5 Å². The molecule has 0 radical (unpaired) electrons. The van der Waals surface area contributed by atoms with Crippen LogP contribution in [0.3, 0.4) is 0 Å². The summed E-state index contributed by atoms with van der Waals surface area (Å²) in [5.74, 6) is -0.650. The molecule has 0 bridgehead atoms. The van der Waals surface area contributed by atoms with Crippen molar-refractivity contribution in [2.24, 2.45) is 0 Å². The van der Waals surface area contributed by atoms with Crippen molar-refractivity contribution in [2.75, 3.05) is 5.32 Å².